The highest BCUT2D eigenvalue weighted by atomic mass is 16.5. The molecule has 0 unspecified atom stereocenters. The minimum absolute atomic E-state index is 0.470. The maximum atomic E-state index is 6.18. The summed E-state index contributed by atoms with van der Waals surface area (Å²) >= 11 is 0. The summed E-state index contributed by atoms with van der Waals surface area (Å²) in [4.78, 5) is 4.60. The number of hydrogen-bond acceptors (Lipinski definition) is 8. The van der Waals surface area contributed by atoms with Gasteiger partial charge in [-0.25, -0.2) is 0 Å². The van der Waals surface area contributed by atoms with Crippen molar-refractivity contribution in [2.24, 2.45) is 0 Å². The first-order chi connectivity index (χ1) is 45.4. The van der Waals surface area contributed by atoms with Crippen LogP contribution in [0.15, 0.2) is 269 Å². The Labute approximate surface area is 545 Å². The van der Waals surface area contributed by atoms with Gasteiger partial charge in [-0.2, -0.15) is 0 Å². The van der Waals surface area contributed by atoms with E-state index in [1.165, 1.54) is 22.3 Å². The number of nitrogens with zero attached hydrogens (tertiary/aromatic N) is 2. The Kier molecular flexibility index (Phi) is 25.1. The van der Waals surface area contributed by atoms with Crippen molar-refractivity contribution in [2.75, 3.05) is 49.4 Å². The van der Waals surface area contributed by atoms with Crippen molar-refractivity contribution in [2.45, 2.75) is 65.3 Å². The van der Waals surface area contributed by atoms with Crippen LogP contribution in [-0.2, 0) is 93.7 Å². The molecule has 0 atom stereocenters. The Hall–Kier alpha value is -9.48. The number of anilines is 6. The van der Waals surface area contributed by atoms with Gasteiger partial charge in [-0.3, -0.25) is 0 Å². The third kappa shape index (κ3) is 20.0. The van der Waals surface area contributed by atoms with E-state index >= 15 is 0 Å². The number of benzene rings is 10. The van der Waals surface area contributed by atoms with Gasteiger partial charge >= 0.3 is 0 Å². The van der Waals surface area contributed by atoms with Crippen LogP contribution in [0.2, 0.25) is 0 Å². The quantitative estimate of drug-likeness (QED) is 0.0357. The van der Waals surface area contributed by atoms with Gasteiger partial charge in [0, 0.05) is 34.1 Å². The van der Waals surface area contributed by atoms with E-state index in [9.17, 15) is 0 Å². The van der Waals surface area contributed by atoms with Gasteiger partial charge in [0.2, 0.25) is 0 Å². The van der Waals surface area contributed by atoms with Crippen LogP contribution >= 0.6 is 0 Å². The Bertz CT molecular complexity index is 3360. The van der Waals surface area contributed by atoms with Crippen LogP contribution in [-0.4, -0.2) is 39.6 Å². The standard InChI is InChI=1S/C84H84N2O6/c1-5-65-9-17-73(18-10-65)59-87-53-49-69-25-37-79(38-26-69)85(80-39-27-70(28-40-80)50-54-88-60-74-19-11-66(6-2)12-20-74)83-45-33-77(34-46-83)63-91-57-58-92-64-78-35-47-84(48-36-78)86(81-41-29-71(30-42-81)51-55-89-61-75-21-13-67(7-3)14-22-75)82-43-31-72(32-44-82)52-56-90-62-76-23-15-68(8-4)16-24-76/h5-48H,1-4,49-64H2. The lowest BCUT2D eigenvalue weighted by Gasteiger charge is -2.26. The molecule has 0 aliphatic rings. The molecule has 0 heterocycles. The molecule has 10 aromatic carbocycles. The van der Waals surface area contributed by atoms with Crippen molar-refractivity contribution in [3.05, 3.63) is 347 Å². The van der Waals surface area contributed by atoms with Gasteiger partial charge in [0.15, 0.2) is 0 Å². The van der Waals surface area contributed by atoms with Crippen LogP contribution in [0.3, 0.4) is 0 Å². The normalized spacial score (nSPS) is 11.1. The van der Waals surface area contributed by atoms with Gasteiger partial charge in [0.1, 0.15) is 0 Å². The van der Waals surface area contributed by atoms with Crippen molar-refractivity contribution in [3.8, 4) is 0 Å². The molecular formula is C84H84N2O6. The zero-order chi connectivity index (χ0) is 63.4. The largest absolute Gasteiger partial charge is 0.376 e. The van der Waals surface area contributed by atoms with E-state index in [2.05, 4.69) is 279 Å². The maximum Gasteiger partial charge on any atom is 0.0718 e. The summed E-state index contributed by atoms with van der Waals surface area (Å²) in [6.07, 6.45) is 10.7. The van der Waals surface area contributed by atoms with Crippen LogP contribution in [0, 0.1) is 0 Å². The molecule has 10 aromatic rings. The van der Waals surface area contributed by atoms with Crippen molar-refractivity contribution >= 4 is 58.4 Å². The lowest BCUT2D eigenvalue weighted by Crippen LogP contribution is -2.11. The SMILES string of the molecule is C=Cc1ccc(COCCc2ccc(N(c3ccc(CCOCc4ccc(C=C)cc4)cc3)c3ccc(COCCOCc4ccc(N(c5ccc(CCOCc6ccc(C=C)cc6)cc5)c5ccc(CCOCc6ccc(C=C)cc6)cc5)cc4)cc3)cc2)cc1. The predicted molar refractivity (Wildman–Crippen MR) is 381 cm³/mol. The predicted octanol–water partition coefficient (Wildman–Crippen LogP) is 20.0. The second kappa shape index (κ2) is 35.2. The van der Waals surface area contributed by atoms with Gasteiger partial charge in [0.25, 0.3) is 0 Å². The zero-order valence-electron chi connectivity index (χ0n) is 52.9. The van der Waals surface area contributed by atoms with Gasteiger partial charge in [-0.1, -0.05) is 220 Å². The van der Waals surface area contributed by atoms with E-state index in [4.69, 9.17) is 28.4 Å². The van der Waals surface area contributed by atoms with E-state index in [1.54, 1.807) is 0 Å². The molecule has 0 amide bonds. The van der Waals surface area contributed by atoms with Crippen LogP contribution in [0.1, 0.15) is 77.9 Å². The first kappa shape index (κ1) is 65.5. The number of ether oxygens (including phenoxy) is 6. The Morgan fingerprint density at radius 1 is 0.196 bits per heavy atom. The van der Waals surface area contributed by atoms with Crippen LogP contribution in [0.5, 0.6) is 0 Å². The van der Waals surface area contributed by atoms with Crippen LogP contribution in [0.4, 0.5) is 34.1 Å². The lowest BCUT2D eigenvalue weighted by molar-refractivity contribution is 0.0339. The smallest absolute Gasteiger partial charge is 0.0718 e. The summed E-state index contributed by atoms with van der Waals surface area (Å²) in [6, 6.07) is 85.8. The minimum atomic E-state index is 0.470. The zero-order valence-corrected chi connectivity index (χ0v) is 52.9. The molecule has 0 saturated heterocycles. The Balaban J connectivity index is 0.722. The highest BCUT2D eigenvalue weighted by molar-refractivity contribution is 5.78. The summed E-state index contributed by atoms with van der Waals surface area (Å²) in [5.41, 5.74) is 22.5. The molecular weight excluding hydrogens is 1130 g/mol. The molecule has 0 spiro atoms. The van der Waals surface area contributed by atoms with E-state index < -0.39 is 0 Å². The van der Waals surface area contributed by atoms with Crippen LogP contribution in [0.25, 0.3) is 24.3 Å². The highest BCUT2D eigenvalue weighted by Gasteiger charge is 2.16. The second-order valence-corrected chi connectivity index (χ2v) is 22.8. The average Bonchev–Trinajstić information content (AvgIpc) is 1.10. The van der Waals surface area contributed by atoms with E-state index in [1.807, 2.05) is 24.3 Å². The fourth-order valence-electron chi connectivity index (χ4n) is 10.6. The third-order valence-corrected chi connectivity index (χ3v) is 16.2. The van der Waals surface area contributed by atoms with Crippen molar-refractivity contribution in [1.29, 1.82) is 0 Å². The maximum absolute atomic E-state index is 6.18. The minimum Gasteiger partial charge on any atom is -0.376 e. The molecule has 8 heteroatoms. The molecule has 0 aromatic heterocycles. The van der Waals surface area contributed by atoms with Gasteiger partial charge in [-0.05, 0) is 176 Å². The molecule has 0 bridgehead atoms. The molecule has 0 fully saturated rings. The first-order valence-electron chi connectivity index (χ1n) is 31.8. The summed E-state index contributed by atoms with van der Waals surface area (Å²) in [5.74, 6) is 0. The van der Waals surface area contributed by atoms with E-state index in [0.29, 0.717) is 79.3 Å². The van der Waals surface area contributed by atoms with Crippen molar-refractivity contribution < 1.29 is 28.4 Å². The topological polar surface area (TPSA) is 61.9 Å². The van der Waals surface area contributed by atoms with E-state index in [0.717, 1.165) is 115 Å². The number of rotatable bonds is 37. The summed E-state index contributed by atoms with van der Waals surface area (Å²) in [6.45, 7) is 22.2. The molecule has 92 heavy (non-hydrogen) atoms. The average molecular weight is 1220 g/mol. The molecule has 0 aliphatic heterocycles. The Morgan fingerprint density at radius 3 is 0.522 bits per heavy atom. The lowest BCUT2D eigenvalue weighted by atomic mass is 10.1. The second-order valence-electron chi connectivity index (χ2n) is 22.8. The molecule has 10 rings (SSSR count). The summed E-state index contributed by atoms with van der Waals surface area (Å²) in [5, 5.41) is 0. The monoisotopic (exact) mass is 1220 g/mol. The fourth-order valence-corrected chi connectivity index (χ4v) is 10.6. The van der Waals surface area contributed by atoms with Gasteiger partial charge in [-0.15, -0.1) is 0 Å². The van der Waals surface area contributed by atoms with E-state index in [-0.39, 0.29) is 0 Å². The summed E-state index contributed by atoms with van der Waals surface area (Å²) in [7, 11) is 0. The molecule has 0 radical (unpaired) electrons. The Morgan fingerprint density at radius 2 is 0.348 bits per heavy atom. The number of hydrogen-bond donors (Lipinski definition) is 0. The van der Waals surface area contributed by atoms with Gasteiger partial charge in [0.05, 0.1) is 79.3 Å². The molecule has 0 N–H and O–H groups in total. The molecule has 466 valence electrons. The van der Waals surface area contributed by atoms with Gasteiger partial charge < -0.3 is 38.2 Å². The summed E-state index contributed by atoms with van der Waals surface area (Å²) < 4.78 is 36.6. The van der Waals surface area contributed by atoms with Crippen LogP contribution < -0.4 is 9.80 Å². The highest BCUT2D eigenvalue weighted by Crippen LogP contribution is 2.37. The molecule has 8 nitrogen and oxygen atoms in total. The van der Waals surface area contributed by atoms with Crippen molar-refractivity contribution in [1.82, 2.24) is 0 Å². The fraction of sp³-hybridized carbons (Fsp3) is 0.190. The molecule has 0 aliphatic carbocycles. The van der Waals surface area contributed by atoms with Crippen molar-refractivity contribution in [3.63, 3.8) is 0 Å². The first-order valence-corrected chi connectivity index (χ1v) is 31.8. The third-order valence-electron chi connectivity index (χ3n) is 16.2. The molecule has 0 saturated carbocycles.